The summed E-state index contributed by atoms with van der Waals surface area (Å²) >= 11 is 3.68. The van der Waals surface area contributed by atoms with E-state index in [1.807, 2.05) is 0 Å². The average Bonchev–Trinajstić information content (AvgIpc) is 2.69. The first kappa shape index (κ1) is 19.6. The lowest BCUT2D eigenvalue weighted by Crippen LogP contribution is -2.50. The zero-order valence-corrected chi connectivity index (χ0v) is 18.2. The van der Waals surface area contributed by atoms with Gasteiger partial charge in [0.2, 0.25) is 0 Å². The minimum Gasteiger partial charge on any atom is -0.251 e. The van der Waals surface area contributed by atoms with Crippen molar-refractivity contribution in [3.63, 3.8) is 0 Å². The molecule has 3 rings (SSSR count). The Kier molecular flexibility index (Phi) is 7.60. The van der Waals surface area contributed by atoms with Crippen molar-refractivity contribution >= 4 is 29.2 Å². The number of unbranched alkanes of at least 4 members (excludes halogenated alkanes) is 1. The molecule has 2 fully saturated rings. The fourth-order valence-electron chi connectivity index (χ4n) is 5.51. The van der Waals surface area contributed by atoms with Crippen LogP contribution in [0, 0.1) is 17.8 Å². The summed E-state index contributed by atoms with van der Waals surface area (Å²) < 4.78 is 12.7. The molecule has 0 atom stereocenters. The van der Waals surface area contributed by atoms with Gasteiger partial charge in [-0.15, -0.1) is 0 Å². The van der Waals surface area contributed by atoms with Gasteiger partial charge in [-0.25, -0.2) is 0 Å². The molecule has 0 aromatic heterocycles. The summed E-state index contributed by atoms with van der Waals surface area (Å²) in [5.41, 5.74) is 0. The quantitative estimate of drug-likeness (QED) is 0.259. The van der Waals surface area contributed by atoms with E-state index in [9.17, 15) is 4.39 Å². The van der Waals surface area contributed by atoms with Crippen LogP contribution in [0.5, 0.6) is 0 Å². The lowest BCUT2D eigenvalue weighted by atomic mass is 9.74. The van der Waals surface area contributed by atoms with Crippen LogP contribution in [0.1, 0.15) is 51.4 Å². The van der Waals surface area contributed by atoms with Gasteiger partial charge in [0.05, 0.1) is 14.7 Å². The van der Waals surface area contributed by atoms with E-state index in [1.165, 1.54) is 62.0 Å². The number of rotatable bonds is 7. The van der Waals surface area contributed by atoms with E-state index in [4.69, 9.17) is 0 Å². The molecule has 1 saturated heterocycles. The molecule has 0 N–H and O–H groups in total. The van der Waals surface area contributed by atoms with Crippen molar-refractivity contribution in [3.8, 4) is 0 Å². The highest BCUT2D eigenvalue weighted by Gasteiger charge is 2.40. The molecule has 3 heteroatoms. The first-order chi connectivity index (χ1) is 12.3. The highest BCUT2D eigenvalue weighted by atomic mass is 79.9. The van der Waals surface area contributed by atoms with Crippen LogP contribution in [0.15, 0.2) is 30.3 Å². The van der Waals surface area contributed by atoms with E-state index in [2.05, 4.69) is 46.3 Å². The van der Waals surface area contributed by atoms with Crippen LogP contribution in [0.4, 0.5) is 4.39 Å². The maximum absolute atomic E-state index is 12.7. The smallest absolute Gasteiger partial charge is 0.0894 e. The maximum Gasteiger partial charge on any atom is 0.0894 e. The van der Waals surface area contributed by atoms with Crippen LogP contribution >= 0.6 is 15.9 Å². The summed E-state index contributed by atoms with van der Waals surface area (Å²) in [5, 5.41) is 2.85. The average molecular weight is 426 g/mol. The van der Waals surface area contributed by atoms with Crippen LogP contribution in [-0.2, 0) is 0 Å². The van der Waals surface area contributed by atoms with Crippen molar-refractivity contribution in [2.24, 2.45) is 17.8 Å². The molecular weight excluding hydrogens is 391 g/mol. The predicted molar refractivity (Wildman–Crippen MR) is 113 cm³/mol. The van der Waals surface area contributed by atoms with E-state index < -0.39 is 8.07 Å². The topological polar surface area (TPSA) is 0 Å². The minimum atomic E-state index is -1.40. The highest BCUT2D eigenvalue weighted by molar-refractivity contribution is 9.09. The molecule has 0 nitrogen and oxygen atoms in total. The fourth-order valence-corrected chi connectivity index (χ4v) is 11.4. The van der Waals surface area contributed by atoms with Crippen LogP contribution in [0.25, 0.3) is 0 Å². The zero-order chi connectivity index (χ0) is 17.5. The third kappa shape index (κ3) is 4.97. The van der Waals surface area contributed by atoms with Crippen molar-refractivity contribution in [1.29, 1.82) is 0 Å². The number of hydrogen-bond donors (Lipinski definition) is 0. The fraction of sp³-hybridized carbons (Fsp3) is 0.727. The van der Waals surface area contributed by atoms with Gasteiger partial charge in [-0.1, -0.05) is 88.8 Å². The summed E-state index contributed by atoms with van der Waals surface area (Å²) in [7, 11) is -1.40. The Bertz CT molecular complexity index is 490. The van der Waals surface area contributed by atoms with Gasteiger partial charge >= 0.3 is 0 Å². The molecular formula is C22H34BrFSi. The molecule has 1 aromatic rings. The molecule has 1 aliphatic heterocycles. The molecule has 2 aliphatic rings. The first-order valence-corrected chi connectivity index (χ1v) is 14.2. The standard InChI is InChI=1S/C22H34BrFSi/c23-18-19-8-10-20(11-9-19)21-12-16-25(17-13-21,15-5-4-14-24)22-6-2-1-3-7-22/h1-3,6-7,19-21H,4-5,8-18H2/t19?,20?,21-,25+. The van der Waals surface area contributed by atoms with E-state index in [1.54, 1.807) is 5.19 Å². The van der Waals surface area contributed by atoms with E-state index in [-0.39, 0.29) is 6.67 Å². The number of benzene rings is 1. The molecule has 0 amide bonds. The van der Waals surface area contributed by atoms with Gasteiger partial charge < -0.3 is 0 Å². The SMILES string of the molecule is FCCCC[Si@]1(c2ccccc2)CC[C@@H](C2CCC(CBr)CC2)CC1. The monoisotopic (exact) mass is 424 g/mol. The third-order valence-electron chi connectivity index (χ3n) is 7.19. The first-order valence-electron chi connectivity index (χ1n) is 10.4. The molecule has 0 spiro atoms. The number of halogens is 2. The van der Waals surface area contributed by atoms with Crippen molar-refractivity contribution in [2.75, 3.05) is 12.0 Å². The molecule has 0 unspecified atom stereocenters. The largest absolute Gasteiger partial charge is 0.251 e. The number of alkyl halides is 2. The van der Waals surface area contributed by atoms with Crippen LogP contribution in [0.2, 0.25) is 18.1 Å². The van der Waals surface area contributed by atoms with Crippen LogP contribution in [-0.4, -0.2) is 20.1 Å². The Hall–Kier alpha value is -0.153. The summed E-state index contributed by atoms with van der Waals surface area (Å²) in [6.45, 7) is -0.140. The van der Waals surface area contributed by atoms with Crippen molar-refractivity contribution in [2.45, 2.75) is 69.5 Å². The molecule has 0 bridgehead atoms. The lowest BCUT2D eigenvalue weighted by molar-refractivity contribution is 0.200. The summed E-state index contributed by atoms with van der Waals surface area (Å²) in [4.78, 5) is 0. The zero-order valence-electron chi connectivity index (χ0n) is 15.6. The predicted octanol–water partition coefficient (Wildman–Crippen LogP) is 6.70. The molecule has 25 heavy (non-hydrogen) atoms. The highest BCUT2D eigenvalue weighted by Crippen LogP contribution is 2.44. The van der Waals surface area contributed by atoms with Gasteiger partial charge in [-0.2, -0.15) is 0 Å². The normalized spacial score (nSPS) is 33.3. The van der Waals surface area contributed by atoms with E-state index in [0.29, 0.717) is 0 Å². The van der Waals surface area contributed by atoms with E-state index in [0.717, 1.165) is 30.6 Å². The van der Waals surface area contributed by atoms with Crippen LogP contribution in [0.3, 0.4) is 0 Å². The second-order valence-electron chi connectivity index (χ2n) is 8.56. The molecule has 1 heterocycles. The second-order valence-corrected chi connectivity index (χ2v) is 13.9. The van der Waals surface area contributed by atoms with Gasteiger partial charge in [0.15, 0.2) is 0 Å². The van der Waals surface area contributed by atoms with Crippen molar-refractivity contribution in [3.05, 3.63) is 30.3 Å². The summed E-state index contributed by atoms with van der Waals surface area (Å²) in [5.74, 6) is 2.89. The van der Waals surface area contributed by atoms with Gasteiger partial charge in [-0.3, -0.25) is 4.39 Å². The van der Waals surface area contributed by atoms with Crippen molar-refractivity contribution < 1.29 is 4.39 Å². The molecule has 140 valence electrons. The summed E-state index contributed by atoms with van der Waals surface area (Å²) in [6, 6.07) is 15.5. The van der Waals surface area contributed by atoms with Gasteiger partial charge in [0.25, 0.3) is 0 Å². The van der Waals surface area contributed by atoms with Gasteiger partial charge in [0, 0.05) is 5.33 Å². The molecule has 1 saturated carbocycles. The van der Waals surface area contributed by atoms with Gasteiger partial charge in [0.1, 0.15) is 0 Å². The van der Waals surface area contributed by atoms with Crippen molar-refractivity contribution in [1.82, 2.24) is 0 Å². The van der Waals surface area contributed by atoms with Crippen LogP contribution < -0.4 is 5.19 Å². The van der Waals surface area contributed by atoms with Gasteiger partial charge in [-0.05, 0) is 49.9 Å². The Morgan fingerprint density at radius 1 is 0.880 bits per heavy atom. The third-order valence-corrected chi connectivity index (χ3v) is 13.5. The lowest BCUT2D eigenvalue weighted by Gasteiger charge is -2.43. The number of hydrogen-bond acceptors (Lipinski definition) is 0. The second kappa shape index (κ2) is 9.69. The Balaban J connectivity index is 1.61. The molecule has 0 radical (unpaired) electrons. The summed E-state index contributed by atoms with van der Waals surface area (Å²) in [6.07, 6.45) is 10.5. The molecule has 1 aromatic carbocycles. The van der Waals surface area contributed by atoms with E-state index >= 15 is 0 Å². The Morgan fingerprint density at radius 2 is 1.52 bits per heavy atom. The molecule has 1 aliphatic carbocycles. The Morgan fingerprint density at radius 3 is 2.12 bits per heavy atom. The Labute approximate surface area is 163 Å². The maximum atomic E-state index is 12.7. The minimum absolute atomic E-state index is 0.140.